The summed E-state index contributed by atoms with van der Waals surface area (Å²) >= 11 is 0. The molecule has 2 aromatic heterocycles. The maximum atomic E-state index is 13.7. The highest BCUT2D eigenvalue weighted by atomic mass is 16.1. The number of aromatic nitrogens is 2. The number of aryl methyl sites for hydroxylation is 2. The summed E-state index contributed by atoms with van der Waals surface area (Å²) in [6.07, 6.45) is 5.12. The van der Waals surface area contributed by atoms with Gasteiger partial charge >= 0.3 is 0 Å². The summed E-state index contributed by atoms with van der Waals surface area (Å²) in [5.74, 6) is -0.212. The first-order valence-corrected chi connectivity index (χ1v) is 11.9. The lowest BCUT2D eigenvalue weighted by Gasteiger charge is -2.13. The number of unbranched alkanes of at least 4 members (excludes halogenated alkanes) is 1. The van der Waals surface area contributed by atoms with Gasteiger partial charge < -0.3 is 15.3 Å². The number of ketones is 1. The van der Waals surface area contributed by atoms with E-state index in [0.29, 0.717) is 22.5 Å². The van der Waals surface area contributed by atoms with Crippen LogP contribution in [0.1, 0.15) is 66.0 Å². The lowest BCUT2D eigenvalue weighted by molar-refractivity contribution is 0.103. The van der Waals surface area contributed by atoms with Crippen molar-refractivity contribution < 1.29 is 4.79 Å². The minimum atomic E-state index is -0.212. The van der Waals surface area contributed by atoms with Gasteiger partial charge in [-0.15, -0.1) is 0 Å². The number of aromatic amines is 1. The highest BCUT2D eigenvalue weighted by Gasteiger charge is 2.29. The van der Waals surface area contributed by atoms with Crippen LogP contribution in [0.2, 0.25) is 0 Å². The molecule has 5 nitrogen and oxygen atoms in total. The zero-order valence-corrected chi connectivity index (χ0v) is 19.8. The zero-order chi connectivity index (χ0) is 24.1. The Bertz CT molecular complexity index is 1320. The third-order valence-corrected chi connectivity index (χ3v) is 6.13. The first kappa shape index (κ1) is 23.1. The molecule has 0 atom stereocenters. The monoisotopic (exact) mass is 450 g/mol. The van der Waals surface area contributed by atoms with Crippen LogP contribution in [-0.2, 0) is 12.8 Å². The zero-order valence-electron chi connectivity index (χ0n) is 19.8. The minimum Gasteiger partial charge on any atom is -0.396 e. The van der Waals surface area contributed by atoms with Crippen molar-refractivity contribution in [3.8, 4) is 23.1 Å². The molecule has 3 N–H and O–H groups in total. The van der Waals surface area contributed by atoms with E-state index in [9.17, 15) is 10.1 Å². The number of rotatable bonds is 9. The van der Waals surface area contributed by atoms with Crippen LogP contribution in [0, 0.1) is 11.3 Å². The summed E-state index contributed by atoms with van der Waals surface area (Å²) < 4.78 is 1.84. The summed E-state index contributed by atoms with van der Waals surface area (Å²) in [5.41, 5.74) is 12.6. The fraction of sp³-hybridized carbons (Fsp3) is 0.241. The molecule has 0 spiro atoms. The van der Waals surface area contributed by atoms with Gasteiger partial charge in [-0.2, -0.15) is 5.26 Å². The van der Waals surface area contributed by atoms with E-state index in [1.54, 1.807) is 12.1 Å². The molecule has 0 bridgehead atoms. The molecule has 0 aliphatic rings. The summed E-state index contributed by atoms with van der Waals surface area (Å²) in [4.78, 5) is 17.3. The maximum Gasteiger partial charge on any atom is 0.211 e. The average Bonchev–Trinajstić information content (AvgIpc) is 3.41. The number of anilines is 1. The number of nitrogen functional groups attached to an aromatic ring is 1. The van der Waals surface area contributed by atoms with Gasteiger partial charge in [0.1, 0.15) is 17.3 Å². The van der Waals surface area contributed by atoms with Crippen molar-refractivity contribution in [1.82, 2.24) is 9.55 Å². The molecule has 2 aromatic carbocycles. The molecule has 5 heteroatoms. The fourth-order valence-electron chi connectivity index (χ4n) is 4.48. The summed E-state index contributed by atoms with van der Waals surface area (Å²) in [5, 5.41) is 10.1. The molecule has 172 valence electrons. The first-order valence-electron chi connectivity index (χ1n) is 11.9. The van der Waals surface area contributed by atoms with Crippen LogP contribution < -0.4 is 5.73 Å². The third kappa shape index (κ3) is 4.27. The summed E-state index contributed by atoms with van der Waals surface area (Å²) in [6.45, 7) is 4.35. The second kappa shape index (κ2) is 10.3. The Morgan fingerprint density at radius 2 is 1.68 bits per heavy atom. The fourth-order valence-corrected chi connectivity index (χ4v) is 4.48. The normalized spacial score (nSPS) is 10.9. The van der Waals surface area contributed by atoms with E-state index < -0.39 is 0 Å². The summed E-state index contributed by atoms with van der Waals surface area (Å²) in [7, 11) is 0. The average molecular weight is 451 g/mol. The number of nitrogens with two attached hydrogens (primary N) is 1. The Morgan fingerprint density at radius 3 is 2.29 bits per heavy atom. The second-order valence-electron chi connectivity index (χ2n) is 8.50. The number of carbonyl (C=O) groups is 1. The first-order chi connectivity index (χ1) is 16.6. The van der Waals surface area contributed by atoms with E-state index in [4.69, 9.17) is 5.73 Å². The van der Waals surface area contributed by atoms with E-state index >= 15 is 0 Å². The lowest BCUT2D eigenvalue weighted by Crippen LogP contribution is -2.11. The Morgan fingerprint density at radius 1 is 1.00 bits per heavy atom. The van der Waals surface area contributed by atoms with Crippen molar-refractivity contribution in [2.45, 2.75) is 46.0 Å². The number of H-pyrrole nitrogens is 1. The van der Waals surface area contributed by atoms with Crippen LogP contribution in [0.5, 0.6) is 0 Å². The van der Waals surface area contributed by atoms with E-state index in [1.807, 2.05) is 53.1 Å². The maximum absolute atomic E-state index is 13.7. The molecular formula is C29H30N4O. The molecular weight excluding hydrogens is 420 g/mol. The quantitative estimate of drug-likeness (QED) is 0.287. The minimum absolute atomic E-state index is 0.206. The van der Waals surface area contributed by atoms with E-state index in [0.717, 1.165) is 43.5 Å². The van der Waals surface area contributed by atoms with Crippen LogP contribution in [0.4, 0.5) is 5.69 Å². The van der Waals surface area contributed by atoms with Gasteiger partial charge in [0.25, 0.3) is 0 Å². The van der Waals surface area contributed by atoms with Crippen molar-refractivity contribution in [3.05, 3.63) is 94.8 Å². The molecule has 2 heterocycles. The predicted molar refractivity (Wildman–Crippen MR) is 137 cm³/mol. The third-order valence-electron chi connectivity index (χ3n) is 6.13. The van der Waals surface area contributed by atoms with Gasteiger partial charge in [-0.1, -0.05) is 75.2 Å². The van der Waals surface area contributed by atoms with Crippen LogP contribution in [0.25, 0.3) is 17.1 Å². The van der Waals surface area contributed by atoms with Crippen LogP contribution in [0.15, 0.2) is 66.7 Å². The van der Waals surface area contributed by atoms with Gasteiger partial charge in [0, 0.05) is 16.9 Å². The molecule has 0 saturated carbocycles. The molecule has 0 amide bonds. The molecule has 4 rings (SSSR count). The highest BCUT2D eigenvalue weighted by molar-refractivity contribution is 6.13. The molecule has 0 unspecified atom stereocenters. The van der Waals surface area contributed by atoms with Crippen molar-refractivity contribution in [2.24, 2.45) is 0 Å². The largest absolute Gasteiger partial charge is 0.396 e. The van der Waals surface area contributed by atoms with Crippen molar-refractivity contribution >= 4 is 11.5 Å². The van der Waals surface area contributed by atoms with Gasteiger partial charge in [-0.3, -0.25) is 4.79 Å². The molecule has 0 aliphatic heterocycles. The Balaban J connectivity index is 2.00. The van der Waals surface area contributed by atoms with E-state index in [1.165, 1.54) is 11.3 Å². The second-order valence-corrected chi connectivity index (χ2v) is 8.50. The van der Waals surface area contributed by atoms with Crippen molar-refractivity contribution in [3.63, 3.8) is 0 Å². The number of benzene rings is 2. The molecule has 0 saturated heterocycles. The van der Waals surface area contributed by atoms with Crippen molar-refractivity contribution in [1.29, 1.82) is 5.26 Å². The van der Waals surface area contributed by atoms with E-state index in [-0.39, 0.29) is 11.5 Å². The Kier molecular flexibility index (Phi) is 6.98. The Hall–Kier alpha value is -4.04. The lowest BCUT2D eigenvalue weighted by atomic mass is 10.1. The van der Waals surface area contributed by atoms with Gasteiger partial charge in [-0.25, -0.2) is 0 Å². The standard InChI is InChI=1S/C29H30N4O/c1-3-5-17-24-21(12-4-2)18-25(32-24)27-23(19-30)26(31)28(29(34)20-13-8-6-9-14-20)33(27)22-15-10-7-11-16-22/h6-11,13-16,18,32H,3-5,12,17,31H2,1-2H3. The number of nitrogens with one attached hydrogen (secondary N) is 1. The Labute approximate surface area is 200 Å². The van der Waals surface area contributed by atoms with Gasteiger partial charge in [0.15, 0.2) is 0 Å². The van der Waals surface area contributed by atoms with Crippen LogP contribution in [-0.4, -0.2) is 15.3 Å². The summed E-state index contributed by atoms with van der Waals surface area (Å²) in [6, 6.07) is 23.1. The molecule has 0 fully saturated rings. The topological polar surface area (TPSA) is 87.6 Å². The van der Waals surface area contributed by atoms with E-state index in [2.05, 4.69) is 31.0 Å². The SMILES string of the molecule is CCCCc1[nH]c(-c2c(C#N)c(N)c(C(=O)c3ccccc3)n2-c2ccccc2)cc1CCC. The predicted octanol–water partition coefficient (Wildman–Crippen LogP) is 6.45. The van der Waals surface area contributed by atoms with Gasteiger partial charge in [-0.05, 0) is 43.0 Å². The molecule has 0 aliphatic carbocycles. The molecule has 4 aromatic rings. The molecule has 34 heavy (non-hydrogen) atoms. The highest BCUT2D eigenvalue weighted by Crippen LogP contribution is 2.38. The number of hydrogen-bond donors (Lipinski definition) is 2. The number of para-hydroxylation sites is 1. The van der Waals surface area contributed by atoms with Gasteiger partial charge in [0.05, 0.1) is 17.1 Å². The van der Waals surface area contributed by atoms with Gasteiger partial charge in [0.2, 0.25) is 5.78 Å². The molecule has 0 radical (unpaired) electrons. The number of carbonyl (C=O) groups excluding carboxylic acids is 1. The number of nitriles is 1. The number of hydrogen-bond acceptors (Lipinski definition) is 3. The van der Waals surface area contributed by atoms with Crippen LogP contribution >= 0.6 is 0 Å². The van der Waals surface area contributed by atoms with Crippen LogP contribution in [0.3, 0.4) is 0 Å². The van der Waals surface area contributed by atoms with Crippen molar-refractivity contribution in [2.75, 3.05) is 5.73 Å². The number of nitrogens with zero attached hydrogens (tertiary/aromatic N) is 2. The smallest absolute Gasteiger partial charge is 0.211 e.